The highest BCUT2D eigenvalue weighted by Gasteiger charge is 2.24. The summed E-state index contributed by atoms with van der Waals surface area (Å²) in [7, 11) is -2.95. The van der Waals surface area contributed by atoms with Crippen LogP contribution in [0.5, 0.6) is 6.01 Å². The van der Waals surface area contributed by atoms with E-state index in [0.29, 0.717) is 25.6 Å². The minimum atomic E-state index is -2.95. The molecule has 0 spiro atoms. The van der Waals surface area contributed by atoms with Gasteiger partial charge in [-0.2, -0.15) is 15.0 Å². The lowest BCUT2D eigenvalue weighted by atomic mass is 10.5. The van der Waals surface area contributed by atoms with Crippen LogP contribution in [-0.2, 0) is 9.84 Å². The predicted octanol–water partition coefficient (Wildman–Crippen LogP) is -0.819. The SMILES string of the molecule is CCCOc1nc(NN)nc(N2CCS(=O)(=O)CC2)n1. The summed E-state index contributed by atoms with van der Waals surface area (Å²) in [6.45, 7) is 3.16. The Kier molecular flexibility index (Phi) is 4.55. The van der Waals surface area contributed by atoms with Gasteiger partial charge in [-0.25, -0.2) is 14.3 Å². The van der Waals surface area contributed by atoms with Crippen LogP contribution < -0.4 is 20.9 Å². The number of nitrogens with one attached hydrogen (secondary N) is 1. The summed E-state index contributed by atoms with van der Waals surface area (Å²) in [6.07, 6.45) is 0.828. The zero-order valence-corrected chi connectivity index (χ0v) is 12.1. The van der Waals surface area contributed by atoms with E-state index < -0.39 is 9.84 Å². The van der Waals surface area contributed by atoms with Crippen molar-refractivity contribution in [1.29, 1.82) is 0 Å². The highest BCUT2D eigenvalue weighted by Crippen LogP contribution is 2.17. The van der Waals surface area contributed by atoms with E-state index in [0.717, 1.165) is 6.42 Å². The predicted molar refractivity (Wildman–Crippen MR) is 74.3 cm³/mol. The number of nitrogen functional groups attached to an aromatic ring is 1. The molecule has 2 heterocycles. The molecule has 20 heavy (non-hydrogen) atoms. The Hall–Kier alpha value is -1.68. The van der Waals surface area contributed by atoms with E-state index in [9.17, 15) is 8.42 Å². The topological polar surface area (TPSA) is 123 Å². The maximum atomic E-state index is 11.4. The first-order valence-corrected chi connectivity index (χ1v) is 8.17. The lowest BCUT2D eigenvalue weighted by Gasteiger charge is -2.26. The van der Waals surface area contributed by atoms with Crippen LogP contribution >= 0.6 is 0 Å². The third-order valence-electron chi connectivity index (χ3n) is 2.79. The summed E-state index contributed by atoms with van der Waals surface area (Å²) < 4.78 is 28.2. The molecule has 0 aromatic carbocycles. The molecule has 0 atom stereocenters. The van der Waals surface area contributed by atoms with Crippen molar-refractivity contribution in [2.45, 2.75) is 13.3 Å². The van der Waals surface area contributed by atoms with Crippen LogP contribution in [0.3, 0.4) is 0 Å². The molecule has 10 heteroatoms. The Morgan fingerprint density at radius 3 is 2.60 bits per heavy atom. The molecule has 2 rings (SSSR count). The van der Waals surface area contributed by atoms with Crippen LogP contribution in [0.1, 0.15) is 13.3 Å². The highest BCUT2D eigenvalue weighted by atomic mass is 32.2. The number of ether oxygens (including phenoxy) is 1. The van der Waals surface area contributed by atoms with Crippen LogP contribution in [0.15, 0.2) is 0 Å². The largest absolute Gasteiger partial charge is 0.463 e. The van der Waals surface area contributed by atoms with E-state index >= 15 is 0 Å². The van der Waals surface area contributed by atoms with Crippen molar-refractivity contribution in [2.75, 3.05) is 41.5 Å². The summed E-state index contributed by atoms with van der Waals surface area (Å²) >= 11 is 0. The number of hydrazine groups is 1. The van der Waals surface area contributed by atoms with Gasteiger partial charge in [0.2, 0.25) is 11.9 Å². The Labute approximate surface area is 117 Å². The van der Waals surface area contributed by atoms with Gasteiger partial charge in [0.25, 0.3) is 0 Å². The molecule has 0 aliphatic carbocycles. The molecule has 1 aliphatic rings. The van der Waals surface area contributed by atoms with E-state index in [1.165, 1.54) is 0 Å². The second-order valence-electron chi connectivity index (χ2n) is 4.37. The quantitative estimate of drug-likeness (QED) is 0.530. The van der Waals surface area contributed by atoms with Gasteiger partial charge in [-0.05, 0) is 6.42 Å². The van der Waals surface area contributed by atoms with Crippen LogP contribution in [0.2, 0.25) is 0 Å². The second-order valence-corrected chi connectivity index (χ2v) is 6.68. The summed E-state index contributed by atoms with van der Waals surface area (Å²) in [5.74, 6) is 6.06. The summed E-state index contributed by atoms with van der Waals surface area (Å²) in [5.41, 5.74) is 2.35. The normalized spacial score (nSPS) is 17.8. The first kappa shape index (κ1) is 14.7. The average Bonchev–Trinajstić information content (AvgIpc) is 2.44. The van der Waals surface area contributed by atoms with E-state index in [4.69, 9.17) is 10.6 Å². The van der Waals surface area contributed by atoms with Crippen LogP contribution in [-0.4, -0.2) is 54.6 Å². The van der Waals surface area contributed by atoms with E-state index in [1.54, 1.807) is 4.90 Å². The molecule has 112 valence electrons. The van der Waals surface area contributed by atoms with Gasteiger partial charge in [-0.1, -0.05) is 6.92 Å². The van der Waals surface area contributed by atoms with Gasteiger partial charge in [0.1, 0.15) is 0 Å². The van der Waals surface area contributed by atoms with Crippen LogP contribution in [0.25, 0.3) is 0 Å². The second kappa shape index (κ2) is 6.18. The first-order chi connectivity index (χ1) is 9.54. The van der Waals surface area contributed by atoms with Gasteiger partial charge < -0.3 is 9.64 Å². The number of nitrogens with zero attached hydrogens (tertiary/aromatic N) is 4. The zero-order valence-electron chi connectivity index (χ0n) is 11.2. The summed E-state index contributed by atoms with van der Waals surface area (Å²) in [6, 6.07) is 0.179. The smallest absolute Gasteiger partial charge is 0.323 e. The average molecular weight is 302 g/mol. The highest BCUT2D eigenvalue weighted by molar-refractivity contribution is 7.91. The minimum Gasteiger partial charge on any atom is -0.463 e. The Morgan fingerprint density at radius 1 is 1.30 bits per heavy atom. The fourth-order valence-corrected chi connectivity index (χ4v) is 2.92. The number of anilines is 2. The minimum absolute atomic E-state index is 0.0925. The number of sulfone groups is 1. The van der Waals surface area contributed by atoms with Gasteiger partial charge >= 0.3 is 6.01 Å². The van der Waals surface area contributed by atoms with Crippen molar-refractivity contribution in [1.82, 2.24) is 15.0 Å². The molecular formula is C10H18N6O3S. The molecule has 1 aliphatic heterocycles. The molecule has 9 nitrogen and oxygen atoms in total. The summed E-state index contributed by atoms with van der Waals surface area (Å²) in [5, 5.41) is 0. The molecular weight excluding hydrogens is 284 g/mol. The van der Waals surface area contributed by atoms with E-state index in [1.807, 2.05) is 6.92 Å². The van der Waals surface area contributed by atoms with Gasteiger partial charge in [-0.3, -0.25) is 5.43 Å². The standard InChI is InChI=1S/C10H18N6O3S/c1-2-5-19-10-13-8(15-11)12-9(14-10)16-3-6-20(17,18)7-4-16/h2-7,11H2,1H3,(H,12,13,14,15). The Bertz CT molecular complexity index is 550. The fraction of sp³-hybridized carbons (Fsp3) is 0.700. The Morgan fingerprint density at radius 2 is 2.00 bits per heavy atom. The third kappa shape index (κ3) is 3.67. The Balaban J connectivity index is 2.18. The van der Waals surface area contributed by atoms with E-state index in [2.05, 4.69) is 20.4 Å². The zero-order chi connectivity index (χ0) is 14.6. The maximum Gasteiger partial charge on any atom is 0.323 e. The number of aromatic nitrogens is 3. The van der Waals surface area contributed by atoms with Crippen molar-refractivity contribution < 1.29 is 13.2 Å². The van der Waals surface area contributed by atoms with E-state index in [-0.39, 0.29) is 23.5 Å². The molecule has 1 aromatic heterocycles. The lowest BCUT2D eigenvalue weighted by molar-refractivity contribution is 0.292. The van der Waals surface area contributed by atoms with Crippen LogP contribution in [0.4, 0.5) is 11.9 Å². The monoisotopic (exact) mass is 302 g/mol. The first-order valence-electron chi connectivity index (χ1n) is 6.35. The fourth-order valence-electron chi connectivity index (χ4n) is 1.72. The van der Waals surface area contributed by atoms with Crippen molar-refractivity contribution in [3.05, 3.63) is 0 Å². The molecule has 0 radical (unpaired) electrons. The number of rotatable bonds is 5. The molecule has 1 fully saturated rings. The maximum absolute atomic E-state index is 11.4. The van der Waals surface area contributed by atoms with Crippen molar-refractivity contribution in [3.63, 3.8) is 0 Å². The number of hydrogen-bond donors (Lipinski definition) is 2. The number of hydrogen-bond acceptors (Lipinski definition) is 9. The van der Waals surface area contributed by atoms with Gasteiger partial charge in [0, 0.05) is 13.1 Å². The molecule has 0 amide bonds. The van der Waals surface area contributed by atoms with Gasteiger partial charge in [0.05, 0.1) is 18.1 Å². The molecule has 0 unspecified atom stereocenters. The molecule has 3 N–H and O–H groups in total. The van der Waals surface area contributed by atoms with Crippen molar-refractivity contribution >= 4 is 21.7 Å². The van der Waals surface area contributed by atoms with Gasteiger partial charge in [0.15, 0.2) is 9.84 Å². The third-order valence-corrected chi connectivity index (χ3v) is 4.40. The van der Waals surface area contributed by atoms with Crippen molar-refractivity contribution in [2.24, 2.45) is 5.84 Å². The summed E-state index contributed by atoms with van der Waals surface area (Å²) in [4.78, 5) is 14.1. The molecule has 1 saturated heterocycles. The number of nitrogens with two attached hydrogens (primary N) is 1. The van der Waals surface area contributed by atoms with Crippen LogP contribution in [0, 0.1) is 0 Å². The molecule has 0 bridgehead atoms. The molecule has 0 saturated carbocycles. The lowest BCUT2D eigenvalue weighted by Crippen LogP contribution is -2.41. The molecule has 1 aromatic rings. The van der Waals surface area contributed by atoms with Crippen molar-refractivity contribution in [3.8, 4) is 6.01 Å². The van der Waals surface area contributed by atoms with Gasteiger partial charge in [-0.15, -0.1) is 0 Å².